The number of nitrogens with zero attached hydrogens (tertiary/aromatic N) is 2. The van der Waals surface area contributed by atoms with Crippen LogP contribution in [0.15, 0.2) is 6.07 Å². The van der Waals surface area contributed by atoms with Gasteiger partial charge < -0.3 is 4.90 Å². The fraction of sp³-hybridized carbons (Fsp3) is 0.583. The summed E-state index contributed by atoms with van der Waals surface area (Å²) in [5.74, 6) is -3.34. The van der Waals surface area contributed by atoms with Gasteiger partial charge in [-0.25, -0.2) is 8.78 Å². The third kappa shape index (κ3) is 2.37. The van der Waals surface area contributed by atoms with Crippen molar-refractivity contribution in [2.75, 3.05) is 11.4 Å². The van der Waals surface area contributed by atoms with Crippen LogP contribution in [0.4, 0.5) is 19.0 Å². The lowest BCUT2D eigenvalue weighted by Gasteiger charge is -2.28. The van der Waals surface area contributed by atoms with Gasteiger partial charge in [0, 0.05) is 18.7 Å². The highest BCUT2D eigenvalue weighted by atomic mass is 19.2. The summed E-state index contributed by atoms with van der Waals surface area (Å²) in [5, 5.41) is 0. The van der Waals surface area contributed by atoms with Gasteiger partial charge in [0.05, 0.1) is 0 Å². The molecule has 1 aliphatic carbocycles. The molecule has 0 spiro atoms. The minimum Gasteiger partial charge on any atom is -0.351 e. The zero-order valence-corrected chi connectivity index (χ0v) is 9.72. The Morgan fingerprint density at radius 2 is 1.88 bits per heavy atom. The molecule has 0 unspecified atom stereocenters. The number of hydrogen-bond donors (Lipinski definition) is 0. The molecule has 1 aliphatic rings. The van der Waals surface area contributed by atoms with Crippen LogP contribution in [0.5, 0.6) is 0 Å². The van der Waals surface area contributed by atoms with Crippen LogP contribution in [0, 0.1) is 17.6 Å². The number of aromatic nitrogens is 1. The molecule has 1 aromatic rings. The molecule has 1 heterocycles. The first-order valence-electron chi connectivity index (χ1n) is 5.91. The van der Waals surface area contributed by atoms with Gasteiger partial charge >= 0.3 is 0 Å². The maximum atomic E-state index is 13.6. The summed E-state index contributed by atoms with van der Waals surface area (Å²) in [7, 11) is 0. The third-order valence-electron chi connectivity index (χ3n) is 3.25. The van der Waals surface area contributed by atoms with Crippen LogP contribution in [0.1, 0.15) is 32.6 Å². The predicted octanol–water partition coefficient (Wildman–Crippen LogP) is 3.27. The topological polar surface area (TPSA) is 16.1 Å². The van der Waals surface area contributed by atoms with E-state index in [2.05, 4.69) is 4.98 Å². The molecule has 0 aromatic carbocycles. The van der Waals surface area contributed by atoms with E-state index in [9.17, 15) is 13.2 Å². The molecule has 2 nitrogen and oxygen atoms in total. The van der Waals surface area contributed by atoms with Crippen LogP contribution < -0.4 is 4.90 Å². The van der Waals surface area contributed by atoms with Crippen molar-refractivity contribution < 1.29 is 13.2 Å². The maximum Gasteiger partial charge on any atom is 0.251 e. The minimum absolute atomic E-state index is 0.0710. The summed E-state index contributed by atoms with van der Waals surface area (Å²) in [5.41, 5.74) is 0. The number of pyridine rings is 1. The quantitative estimate of drug-likeness (QED) is 0.759. The molecule has 0 amide bonds. The number of hydrogen-bond acceptors (Lipinski definition) is 2. The smallest absolute Gasteiger partial charge is 0.251 e. The van der Waals surface area contributed by atoms with Gasteiger partial charge in [-0.15, -0.1) is 0 Å². The zero-order valence-electron chi connectivity index (χ0n) is 9.72. The van der Waals surface area contributed by atoms with E-state index >= 15 is 0 Å². The zero-order chi connectivity index (χ0) is 12.4. The second-order valence-corrected chi connectivity index (χ2v) is 4.29. The fourth-order valence-electron chi connectivity index (χ4n) is 2.43. The van der Waals surface area contributed by atoms with Crippen molar-refractivity contribution in [2.24, 2.45) is 0 Å². The van der Waals surface area contributed by atoms with Crippen molar-refractivity contribution >= 4 is 5.82 Å². The highest BCUT2D eigenvalue weighted by Crippen LogP contribution is 2.29. The minimum atomic E-state index is -1.24. The average molecular weight is 244 g/mol. The lowest BCUT2D eigenvalue weighted by atomic mass is 10.2. The Labute approximate surface area is 98.5 Å². The summed E-state index contributed by atoms with van der Waals surface area (Å²) >= 11 is 0. The Morgan fingerprint density at radius 1 is 1.24 bits per heavy atom. The molecule has 0 atom stereocenters. The normalized spacial score (nSPS) is 16.5. The number of halogens is 3. The SMILES string of the molecule is CCN(c1nc(F)c(F)cc1F)C1CCCC1. The van der Waals surface area contributed by atoms with Crippen LogP contribution >= 0.6 is 0 Å². The van der Waals surface area contributed by atoms with Crippen molar-refractivity contribution in [3.8, 4) is 0 Å². The second kappa shape index (κ2) is 4.94. The second-order valence-electron chi connectivity index (χ2n) is 4.29. The van der Waals surface area contributed by atoms with Crippen LogP contribution in [0.2, 0.25) is 0 Å². The van der Waals surface area contributed by atoms with Gasteiger partial charge in [-0.1, -0.05) is 12.8 Å². The largest absolute Gasteiger partial charge is 0.351 e. The van der Waals surface area contributed by atoms with Crippen LogP contribution in [-0.2, 0) is 0 Å². The van der Waals surface area contributed by atoms with Crippen LogP contribution in [0.3, 0.4) is 0 Å². The van der Waals surface area contributed by atoms with Gasteiger partial charge in [0.15, 0.2) is 17.5 Å². The van der Waals surface area contributed by atoms with Gasteiger partial charge in [-0.3, -0.25) is 0 Å². The van der Waals surface area contributed by atoms with Gasteiger partial charge in [0.2, 0.25) is 0 Å². The van der Waals surface area contributed by atoms with Crippen LogP contribution in [-0.4, -0.2) is 17.6 Å². The van der Waals surface area contributed by atoms with Crippen LogP contribution in [0.25, 0.3) is 0 Å². The molecule has 0 aliphatic heterocycles. The first kappa shape index (κ1) is 12.2. The Bertz CT molecular complexity index is 403. The van der Waals surface area contributed by atoms with Gasteiger partial charge in [-0.05, 0) is 19.8 Å². The molecular weight excluding hydrogens is 229 g/mol. The fourth-order valence-corrected chi connectivity index (χ4v) is 2.43. The summed E-state index contributed by atoms with van der Waals surface area (Å²) in [6, 6.07) is 0.752. The first-order valence-corrected chi connectivity index (χ1v) is 5.91. The van der Waals surface area contributed by atoms with E-state index < -0.39 is 17.6 Å². The molecular formula is C12H15F3N2. The van der Waals surface area contributed by atoms with Crippen molar-refractivity contribution in [3.63, 3.8) is 0 Å². The highest BCUT2D eigenvalue weighted by Gasteiger charge is 2.25. The molecule has 1 saturated carbocycles. The maximum absolute atomic E-state index is 13.6. The van der Waals surface area contributed by atoms with Gasteiger partial charge in [0.1, 0.15) is 0 Å². The summed E-state index contributed by atoms with van der Waals surface area (Å²) in [6.45, 7) is 2.40. The Hall–Kier alpha value is -1.26. The number of anilines is 1. The molecule has 0 saturated heterocycles. The lowest BCUT2D eigenvalue weighted by molar-refractivity contribution is 0.458. The van der Waals surface area contributed by atoms with E-state index in [1.54, 1.807) is 4.90 Å². The van der Waals surface area contributed by atoms with E-state index in [0.717, 1.165) is 25.7 Å². The van der Waals surface area contributed by atoms with Crippen molar-refractivity contribution in [1.82, 2.24) is 4.98 Å². The molecule has 5 heteroatoms. The van der Waals surface area contributed by atoms with Crippen molar-refractivity contribution in [3.05, 3.63) is 23.6 Å². The highest BCUT2D eigenvalue weighted by molar-refractivity contribution is 5.41. The van der Waals surface area contributed by atoms with Gasteiger partial charge in [0.25, 0.3) is 5.95 Å². The average Bonchev–Trinajstić information content (AvgIpc) is 2.80. The Balaban J connectivity index is 2.32. The standard InChI is InChI=1S/C12H15F3N2/c1-2-17(8-5-3-4-6-8)12-10(14)7-9(13)11(15)16-12/h7-8H,2-6H2,1H3. The summed E-state index contributed by atoms with van der Waals surface area (Å²) in [4.78, 5) is 5.12. The Kier molecular flexibility index (Phi) is 3.54. The summed E-state index contributed by atoms with van der Waals surface area (Å²) in [6.07, 6.45) is 4.08. The van der Waals surface area contributed by atoms with Crippen molar-refractivity contribution in [2.45, 2.75) is 38.6 Å². The lowest BCUT2D eigenvalue weighted by Crippen LogP contribution is -2.34. The summed E-state index contributed by atoms with van der Waals surface area (Å²) < 4.78 is 39.5. The number of rotatable bonds is 3. The van der Waals surface area contributed by atoms with Gasteiger partial charge in [-0.2, -0.15) is 9.37 Å². The van der Waals surface area contributed by atoms with E-state index in [1.807, 2.05) is 6.92 Å². The molecule has 2 rings (SSSR count). The van der Waals surface area contributed by atoms with E-state index in [1.165, 1.54) is 0 Å². The molecule has 0 radical (unpaired) electrons. The van der Waals surface area contributed by atoms with E-state index in [-0.39, 0.29) is 11.9 Å². The monoisotopic (exact) mass is 244 g/mol. The molecule has 17 heavy (non-hydrogen) atoms. The predicted molar refractivity (Wildman–Crippen MR) is 59.4 cm³/mol. The molecule has 94 valence electrons. The molecule has 1 aromatic heterocycles. The molecule has 0 bridgehead atoms. The van der Waals surface area contributed by atoms with E-state index in [4.69, 9.17) is 0 Å². The molecule has 0 N–H and O–H groups in total. The molecule has 1 fully saturated rings. The van der Waals surface area contributed by atoms with Crippen molar-refractivity contribution in [1.29, 1.82) is 0 Å². The Morgan fingerprint density at radius 3 is 2.47 bits per heavy atom. The van der Waals surface area contributed by atoms with E-state index in [0.29, 0.717) is 12.6 Å². The third-order valence-corrected chi connectivity index (χ3v) is 3.25. The first-order chi connectivity index (χ1) is 8.13.